The molecule has 2 aliphatic heterocycles. The molecule has 0 saturated carbocycles. The van der Waals surface area contributed by atoms with Crippen molar-refractivity contribution in [2.24, 2.45) is 5.92 Å². The lowest BCUT2D eigenvalue weighted by Crippen LogP contribution is -2.50. The Hall–Kier alpha value is -1.31. The maximum absolute atomic E-state index is 11.7. The fourth-order valence-corrected chi connectivity index (χ4v) is 3.12. The van der Waals surface area contributed by atoms with Gasteiger partial charge in [-0.25, -0.2) is 0 Å². The molecule has 1 saturated heterocycles. The largest absolute Gasteiger partial charge is 0.367 e. The molecule has 1 aromatic carbocycles. The van der Waals surface area contributed by atoms with E-state index in [1.807, 2.05) is 0 Å². The highest BCUT2D eigenvalue weighted by atomic mass is 16.1. The van der Waals surface area contributed by atoms with Crippen molar-refractivity contribution < 1.29 is 4.79 Å². The molecular formula is C14H17NO. The number of fused-ring (bicyclic) bond motifs is 3. The van der Waals surface area contributed by atoms with Gasteiger partial charge in [-0.1, -0.05) is 25.1 Å². The van der Waals surface area contributed by atoms with Gasteiger partial charge in [-0.15, -0.1) is 0 Å². The molecule has 1 fully saturated rings. The summed E-state index contributed by atoms with van der Waals surface area (Å²) in [5, 5.41) is 0. The van der Waals surface area contributed by atoms with Crippen molar-refractivity contribution in [2.45, 2.75) is 32.2 Å². The Morgan fingerprint density at radius 1 is 1.25 bits per heavy atom. The smallest absolute Gasteiger partial charge is 0.139 e. The zero-order valence-electron chi connectivity index (χ0n) is 9.65. The Balaban J connectivity index is 1.99. The van der Waals surface area contributed by atoms with Crippen LogP contribution in [-0.2, 0) is 11.2 Å². The molecule has 0 N–H and O–H groups in total. The van der Waals surface area contributed by atoms with Crippen molar-refractivity contribution in [1.82, 2.24) is 0 Å². The second-order valence-corrected chi connectivity index (χ2v) is 4.93. The monoisotopic (exact) mass is 215 g/mol. The highest BCUT2D eigenvalue weighted by molar-refractivity contribution is 5.84. The predicted octanol–water partition coefficient (Wildman–Crippen LogP) is 2.42. The number of benzene rings is 1. The van der Waals surface area contributed by atoms with Crippen molar-refractivity contribution in [3.63, 3.8) is 0 Å². The van der Waals surface area contributed by atoms with Gasteiger partial charge in [-0.3, -0.25) is 4.79 Å². The molecule has 1 aromatic rings. The molecule has 84 valence electrons. The van der Waals surface area contributed by atoms with Crippen LogP contribution in [0.15, 0.2) is 24.3 Å². The van der Waals surface area contributed by atoms with Gasteiger partial charge in [-0.05, 0) is 24.5 Å². The number of carbonyl (C=O) groups is 1. The maximum Gasteiger partial charge on any atom is 0.139 e. The van der Waals surface area contributed by atoms with Crippen LogP contribution in [0.3, 0.4) is 0 Å². The van der Waals surface area contributed by atoms with Crippen LogP contribution in [-0.4, -0.2) is 18.4 Å². The van der Waals surface area contributed by atoms with E-state index in [2.05, 4.69) is 36.1 Å². The first-order valence-corrected chi connectivity index (χ1v) is 6.14. The van der Waals surface area contributed by atoms with Gasteiger partial charge in [-0.2, -0.15) is 0 Å². The number of nitrogens with zero attached hydrogens (tertiary/aromatic N) is 1. The van der Waals surface area contributed by atoms with E-state index in [0.717, 1.165) is 19.4 Å². The summed E-state index contributed by atoms with van der Waals surface area (Å²) >= 11 is 0. The zero-order chi connectivity index (χ0) is 11.1. The summed E-state index contributed by atoms with van der Waals surface area (Å²) in [5.74, 6) is 0.655. The quantitative estimate of drug-likeness (QED) is 0.662. The molecule has 16 heavy (non-hydrogen) atoms. The average Bonchev–Trinajstić information content (AvgIpc) is 2.33. The molecule has 2 nitrogen and oxygen atoms in total. The summed E-state index contributed by atoms with van der Waals surface area (Å²) in [5.41, 5.74) is 2.80. The van der Waals surface area contributed by atoms with E-state index in [9.17, 15) is 4.79 Å². The van der Waals surface area contributed by atoms with Gasteiger partial charge in [0.15, 0.2) is 0 Å². The second-order valence-electron chi connectivity index (χ2n) is 4.93. The van der Waals surface area contributed by atoms with E-state index < -0.39 is 0 Å². The van der Waals surface area contributed by atoms with Crippen LogP contribution >= 0.6 is 0 Å². The molecule has 2 atom stereocenters. The Kier molecular flexibility index (Phi) is 2.23. The lowest BCUT2D eigenvalue weighted by Gasteiger charge is -2.44. The molecular weight excluding hydrogens is 198 g/mol. The first-order valence-electron chi connectivity index (χ1n) is 6.14. The van der Waals surface area contributed by atoms with Crippen LogP contribution in [0.1, 0.15) is 25.3 Å². The Morgan fingerprint density at radius 3 is 2.94 bits per heavy atom. The number of piperidine rings is 1. The van der Waals surface area contributed by atoms with E-state index in [1.54, 1.807) is 0 Å². The summed E-state index contributed by atoms with van der Waals surface area (Å²) in [4.78, 5) is 14.2. The molecule has 0 amide bonds. The molecule has 3 rings (SSSR count). The zero-order valence-corrected chi connectivity index (χ0v) is 9.65. The molecule has 2 heterocycles. The number of anilines is 1. The molecule has 0 radical (unpaired) electrons. The topological polar surface area (TPSA) is 20.3 Å². The Bertz CT molecular complexity index is 426. The van der Waals surface area contributed by atoms with Gasteiger partial charge in [0.05, 0.1) is 0 Å². The summed E-state index contributed by atoms with van der Waals surface area (Å²) in [7, 11) is 0. The SMILES string of the molecule is CC1C(=O)CCN2c3ccccc3CCC12. The maximum atomic E-state index is 11.7. The van der Waals surface area contributed by atoms with E-state index in [-0.39, 0.29) is 5.92 Å². The molecule has 2 heteroatoms. The molecule has 2 aliphatic rings. The predicted molar refractivity (Wildman–Crippen MR) is 64.7 cm³/mol. The number of hydrogen-bond donors (Lipinski definition) is 0. The summed E-state index contributed by atoms with van der Waals surface area (Å²) in [6, 6.07) is 9.06. The van der Waals surface area contributed by atoms with Crippen molar-refractivity contribution in [2.75, 3.05) is 11.4 Å². The second kappa shape index (κ2) is 3.62. The third-order valence-corrected chi connectivity index (χ3v) is 4.09. The summed E-state index contributed by atoms with van der Waals surface area (Å²) in [6.45, 7) is 3.00. The minimum atomic E-state index is 0.210. The first kappa shape index (κ1) is 9.88. The molecule has 2 unspecified atom stereocenters. The number of aryl methyl sites for hydroxylation is 1. The number of hydrogen-bond acceptors (Lipinski definition) is 2. The first-order chi connectivity index (χ1) is 7.77. The van der Waals surface area contributed by atoms with Crippen LogP contribution in [0.4, 0.5) is 5.69 Å². The third kappa shape index (κ3) is 1.36. The van der Waals surface area contributed by atoms with E-state index in [0.29, 0.717) is 18.2 Å². The van der Waals surface area contributed by atoms with Gasteiger partial charge >= 0.3 is 0 Å². The van der Waals surface area contributed by atoms with Crippen molar-refractivity contribution in [3.8, 4) is 0 Å². The van der Waals surface area contributed by atoms with Gasteiger partial charge in [0.25, 0.3) is 0 Å². The molecule has 0 aliphatic carbocycles. The van der Waals surface area contributed by atoms with E-state index in [4.69, 9.17) is 0 Å². The van der Waals surface area contributed by atoms with E-state index in [1.165, 1.54) is 11.3 Å². The third-order valence-electron chi connectivity index (χ3n) is 4.09. The van der Waals surface area contributed by atoms with Gasteiger partial charge in [0, 0.05) is 30.6 Å². The summed E-state index contributed by atoms with van der Waals surface area (Å²) in [6.07, 6.45) is 2.96. The average molecular weight is 215 g/mol. The number of ketones is 1. The highest BCUT2D eigenvalue weighted by Gasteiger charge is 2.36. The fourth-order valence-electron chi connectivity index (χ4n) is 3.12. The van der Waals surface area contributed by atoms with E-state index >= 15 is 0 Å². The number of carbonyl (C=O) groups excluding carboxylic acids is 1. The molecule has 0 bridgehead atoms. The normalized spacial score (nSPS) is 28.6. The molecule has 0 spiro atoms. The van der Waals surface area contributed by atoms with Crippen LogP contribution < -0.4 is 4.90 Å². The van der Waals surface area contributed by atoms with Crippen LogP contribution in [0, 0.1) is 5.92 Å². The fraction of sp³-hybridized carbons (Fsp3) is 0.500. The van der Waals surface area contributed by atoms with Gasteiger partial charge < -0.3 is 4.90 Å². The van der Waals surface area contributed by atoms with Gasteiger partial charge in [0.1, 0.15) is 5.78 Å². The van der Waals surface area contributed by atoms with Crippen molar-refractivity contribution in [1.29, 1.82) is 0 Å². The standard InChI is InChI=1S/C14H17NO/c1-10-12-7-6-11-4-2-3-5-13(11)15(12)9-8-14(10)16/h2-5,10,12H,6-9H2,1H3. The number of Topliss-reactive ketones (excluding diaryl/α,β-unsaturated/α-hetero) is 1. The van der Waals surface area contributed by atoms with Crippen LogP contribution in [0.5, 0.6) is 0 Å². The highest BCUT2D eigenvalue weighted by Crippen LogP contribution is 2.36. The van der Waals surface area contributed by atoms with Gasteiger partial charge in [0.2, 0.25) is 0 Å². The van der Waals surface area contributed by atoms with Crippen molar-refractivity contribution in [3.05, 3.63) is 29.8 Å². The minimum absolute atomic E-state index is 0.210. The molecule has 0 aromatic heterocycles. The number of rotatable bonds is 0. The number of para-hydroxylation sites is 1. The summed E-state index contributed by atoms with van der Waals surface area (Å²) < 4.78 is 0. The van der Waals surface area contributed by atoms with Crippen LogP contribution in [0.2, 0.25) is 0 Å². The van der Waals surface area contributed by atoms with Crippen LogP contribution in [0.25, 0.3) is 0 Å². The Labute approximate surface area is 96.3 Å². The van der Waals surface area contributed by atoms with Crippen molar-refractivity contribution >= 4 is 11.5 Å². The Morgan fingerprint density at radius 2 is 2.06 bits per heavy atom. The lowest BCUT2D eigenvalue weighted by molar-refractivity contribution is -0.124. The minimum Gasteiger partial charge on any atom is -0.367 e. The lowest BCUT2D eigenvalue weighted by atomic mass is 9.82.